The first-order chi connectivity index (χ1) is 29.3. The predicted molar refractivity (Wildman–Crippen MR) is 220 cm³/mol. The largest absolute Gasteiger partial charge is 0.507 e. The highest BCUT2D eigenvalue weighted by Crippen LogP contribution is 2.43. The number of aromatic hydroxyl groups is 4. The van der Waals surface area contributed by atoms with Crippen molar-refractivity contribution in [1.29, 1.82) is 0 Å². The highest BCUT2D eigenvalue weighted by atomic mass is 32.1. The smallest absolute Gasteiger partial charge is 0.251 e. The summed E-state index contributed by atoms with van der Waals surface area (Å²) >= 11 is 4.80. The maximum absolute atomic E-state index is 11.9. The lowest BCUT2D eigenvalue weighted by molar-refractivity contribution is 0.450. The Hall–Kier alpha value is -7.28. The third-order valence-corrected chi connectivity index (χ3v) is 11.2. The molecule has 0 atom stereocenters. The minimum absolute atomic E-state index is 0.0112. The van der Waals surface area contributed by atoms with Crippen molar-refractivity contribution in [2.75, 3.05) is 0 Å². The van der Waals surface area contributed by atoms with Crippen molar-refractivity contribution < 1.29 is 20.4 Å². The molecule has 0 spiro atoms. The number of aromatic nitrogens is 8. The number of benzene rings is 4. The van der Waals surface area contributed by atoms with Crippen molar-refractivity contribution in [2.24, 2.45) is 40.9 Å². The van der Waals surface area contributed by atoms with Gasteiger partial charge in [-0.3, -0.25) is 0 Å². The standard InChI is InChI=1S/C36H24N16O4S4/c53-29-17-1-18-6-26(42-50-34-46-38-14-58-34)8-20(30(18)54)3-22-10-28(44-52-36-48-40-16-60-36)12-24(32(22)56)4-23-11-27(43-51-35-47-39-15-59-35)9-21(31(23)55)2-19(29)7-25(5-17)41-49-33-45-37-13-57-33/h5-16,53-56H,1-4H2. The molecule has 0 aliphatic heterocycles. The van der Waals surface area contributed by atoms with Crippen LogP contribution in [0.5, 0.6) is 23.0 Å². The first-order valence-corrected chi connectivity index (χ1v) is 20.9. The summed E-state index contributed by atoms with van der Waals surface area (Å²) in [6.45, 7) is 0. The lowest BCUT2D eigenvalue weighted by atomic mass is 9.90. The van der Waals surface area contributed by atoms with E-state index in [0.717, 1.165) is 0 Å². The highest BCUT2D eigenvalue weighted by Gasteiger charge is 2.22. The Bertz CT molecular complexity index is 2450. The molecule has 1 aliphatic rings. The average Bonchev–Trinajstić information content (AvgIpc) is 4.10. The third kappa shape index (κ3) is 8.60. The number of phenols is 4. The fraction of sp³-hybridized carbons (Fsp3) is 0.111. The molecule has 0 unspecified atom stereocenters. The molecule has 0 fully saturated rings. The van der Waals surface area contributed by atoms with Gasteiger partial charge in [0.15, 0.2) is 0 Å². The summed E-state index contributed by atoms with van der Waals surface area (Å²) in [5.74, 6) is -0.411. The van der Waals surface area contributed by atoms with Gasteiger partial charge < -0.3 is 20.4 Å². The Labute approximate surface area is 352 Å². The van der Waals surface area contributed by atoms with Gasteiger partial charge in [-0.1, -0.05) is 45.3 Å². The predicted octanol–water partition coefficient (Wildman–Crippen LogP) is 10.3. The van der Waals surface area contributed by atoms with E-state index in [1.807, 2.05) is 0 Å². The molecule has 296 valence electrons. The van der Waals surface area contributed by atoms with Crippen LogP contribution in [0.25, 0.3) is 0 Å². The van der Waals surface area contributed by atoms with Crippen molar-refractivity contribution in [2.45, 2.75) is 25.7 Å². The molecule has 0 saturated carbocycles. The summed E-state index contributed by atoms with van der Waals surface area (Å²) in [6, 6.07) is 13.1. The average molecular weight is 873 g/mol. The SMILES string of the molecule is Oc1c2cc(N=Nc3nncs3)cc1Cc1cc(N=Nc3nncs3)cc(c1O)Cc1cc(N=Nc3nncs3)cc(c1O)Cc1cc(N=Nc3nncs3)cc(c1O)C2. The fourth-order valence-corrected chi connectivity index (χ4v) is 7.82. The van der Waals surface area contributed by atoms with Gasteiger partial charge >= 0.3 is 0 Å². The van der Waals surface area contributed by atoms with E-state index in [2.05, 4.69) is 81.7 Å². The van der Waals surface area contributed by atoms with E-state index in [9.17, 15) is 20.4 Å². The molecule has 0 saturated heterocycles. The second-order valence-corrected chi connectivity index (χ2v) is 16.1. The van der Waals surface area contributed by atoms with Crippen LogP contribution in [0.2, 0.25) is 0 Å². The summed E-state index contributed by atoms with van der Waals surface area (Å²) in [4.78, 5) is 0. The molecule has 4 aromatic heterocycles. The van der Waals surface area contributed by atoms with Crippen LogP contribution in [-0.2, 0) is 25.7 Å². The third-order valence-electron chi connectivity index (χ3n) is 8.93. The van der Waals surface area contributed by atoms with Crippen LogP contribution in [0.4, 0.5) is 43.3 Å². The van der Waals surface area contributed by atoms with Gasteiger partial charge in [0.1, 0.15) is 45.0 Å². The molecular formula is C36H24N16O4S4. The summed E-state index contributed by atoms with van der Waals surface area (Å²) in [5.41, 5.74) is 10.6. The van der Waals surface area contributed by atoms with Gasteiger partial charge in [-0.25, -0.2) is 0 Å². The van der Waals surface area contributed by atoms with E-state index in [4.69, 9.17) is 0 Å². The van der Waals surface area contributed by atoms with E-state index in [1.165, 1.54) is 67.4 Å². The maximum Gasteiger partial charge on any atom is 0.251 e. The summed E-state index contributed by atoms with van der Waals surface area (Å²) in [6.07, 6.45) is -0.0450. The Balaban J connectivity index is 1.24. The zero-order valence-corrected chi connectivity index (χ0v) is 33.6. The molecule has 8 aromatic rings. The van der Waals surface area contributed by atoms with Crippen LogP contribution in [0.1, 0.15) is 44.5 Å². The first-order valence-electron chi connectivity index (χ1n) is 17.4. The van der Waals surface area contributed by atoms with Gasteiger partial charge in [-0.2, -0.15) is 0 Å². The number of hydrogen-bond donors (Lipinski definition) is 4. The Morgan fingerprint density at radius 3 is 0.683 bits per heavy atom. The minimum Gasteiger partial charge on any atom is -0.507 e. The Morgan fingerprint density at radius 1 is 0.317 bits per heavy atom. The van der Waals surface area contributed by atoms with Crippen molar-refractivity contribution >= 4 is 88.6 Å². The molecular weight excluding hydrogens is 849 g/mol. The molecule has 9 rings (SSSR count). The molecule has 0 amide bonds. The van der Waals surface area contributed by atoms with Gasteiger partial charge in [-0.15, -0.1) is 81.7 Å². The number of hydrogen-bond acceptors (Lipinski definition) is 24. The van der Waals surface area contributed by atoms with Crippen molar-refractivity contribution in [3.05, 3.63) is 115 Å². The van der Waals surface area contributed by atoms with Crippen LogP contribution < -0.4 is 0 Å². The fourth-order valence-electron chi connectivity index (χ4n) is 6.34. The zero-order valence-electron chi connectivity index (χ0n) is 30.3. The molecule has 4 aromatic carbocycles. The first kappa shape index (κ1) is 38.2. The summed E-state index contributed by atoms with van der Waals surface area (Å²) in [5, 5.41) is 115. The van der Waals surface area contributed by atoms with Crippen LogP contribution >= 0.6 is 45.3 Å². The molecule has 8 bridgehead atoms. The quantitative estimate of drug-likeness (QED) is 0.104. The number of fused-ring (bicyclic) bond motifs is 8. The summed E-state index contributed by atoms with van der Waals surface area (Å²) < 4.78 is 0. The van der Waals surface area contributed by atoms with E-state index in [-0.39, 0.29) is 48.7 Å². The normalized spacial score (nSPS) is 13.1. The van der Waals surface area contributed by atoms with Crippen LogP contribution in [0, 0.1) is 0 Å². The van der Waals surface area contributed by atoms with Gasteiger partial charge in [0.25, 0.3) is 20.5 Å². The summed E-state index contributed by atoms with van der Waals surface area (Å²) in [7, 11) is 0. The van der Waals surface area contributed by atoms with Crippen LogP contribution in [0.3, 0.4) is 0 Å². The van der Waals surface area contributed by atoms with E-state index in [0.29, 0.717) is 87.8 Å². The van der Waals surface area contributed by atoms with Crippen LogP contribution in [-0.4, -0.2) is 61.2 Å². The molecule has 60 heavy (non-hydrogen) atoms. The molecule has 20 nitrogen and oxygen atoms in total. The lowest BCUT2D eigenvalue weighted by Crippen LogP contribution is -2.01. The number of azo groups is 4. The second-order valence-electron chi connectivity index (χ2n) is 12.8. The topological polar surface area (TPSA) is 283 Å². The molecule has 24 heteroatoms. The molecule has 0 radical (unpaired) electrons. The van der Waals surface area contributed by atoms with Crippen molar-refractivity contribution in [1.82, 2.24) is 40.8 Å². The Morgan fingerprint density at radius 2 is 0.517 bits per heavy atom. The van der Waals surface area contributed by atoms with Gasteiger partial charge in [0.2, 0.25) is 0 Å². The number of nitrogens with zero attached hydrogens (tertiary/aromatic N) is 16. The lowest BCUT2D eigenvalue weighted by Gasteiger charge is -2.18. The van der Waals surface area contributed by atoms with Gasteiger partial charge in [-0.05, 0) is 48.5 Å². The highest BCUT2D eigenvalue weighted by molar-refractivity contribution is 7.13. The molecule has 4 N–H and O–H groups in total. The maximum atomic E-state index is 11.9. The number of rotatable bonds is 8. The van der Waals surface area contributed by atoms with E-state index >= 15 is 0 Å². The van der Waals surface area contributed by atoms with Gasteiger partial charge in [0.05, 0.1) is 22.7 Å². The number of phenolic OH excluding ortho intramolecular Hbond substituents is 4. The van der Waals surface area contributed by atoms with Crippen molar-refractivity contribution in [3.63, 3.8) is 0 Å². The van der Waals surface area contributed by atoms with E-state index < -0.39 is 0 Å². The zero-order chi connectivity index (χ0) is 41.0. The second kappa shape index (κ2) is 16.9. The van der Waals surface area contributed by atoms with Crippen molar-refractivity contribution in [3.8, 4) is 23.0 Å². The minimum atomic E-state index is -0.103. The van der Waals surface area contributed by atoms with E-state index in [1.54, 1.807) is 48.5 Å². The molecule has 1 aliphatic carbocycles. The Kier molecular flexibility index (Phi) is 10.8. The van der Waals surface area contributed by atoms with Crippen LogP contribution in [0.15, 0.2) is 111 Å². The monoisotopic (exact) mass is 872 g/mol. The van der Waals surface area contributed by atoms with Gasteiger partial charge in [0, 0.05) is 70.2 Å². The molecule has 4 heterocycles.